The molecule has 2 aromatic carbocycles. The molecular weight excluding hydrogens is 335 g/mol. The Morgan fingerprint density at radius 3 is 2.05 bits per heavy atom. The average Bonchev–Trinajstić information content (AvgIpc) is 2.44. The highest BCUT2D eigenvalue weighted by atomic mass is 35.5. The molecule has 0 aliphatic carbocycles. The first-order valence-electron chi connectivity index (χ1n) is 6.27. The minimum atomic E-state index is -0.954. The van der Waals surface area contributed by atoms with E-state index in [9.17, 15) is 5.11 Å². The van der Waals surface area contributed by atoms with E-state index in [4.69, 9.17) is 44.3 Å². The van der Waals surface area contributed by atoms with Gasteiger partial charge in [-0.25, -0.2) is 0 Å². The highest BCUT2D eigenvalue weighted by Gasteiger charge is 2.21. The fourth-order valence-corrected chi connectivity index (χ4v) is 3.00. The molecule has 1 atom stereocenters. The summed E-state index contributed by atoms with van der Waals surface area (Å²) in [5.41, 5.74) is 1.07. The number of aliphatic hydroxyl groups is 1. The Kier molecular flexibility index (Phi) is 4.18. The normalized spacial score (nSPS) is 14.9. The Hall–Kier alpha value is -1.13. The first-order chi connectivity index (χ1) is 10.0. The number of fused-ring (bicyclic) bond motifs is 1. The lowest BCUT2D eigenvalue weighted by Crippen LogP contribution is -2.16. The van der Waals surface area contributed by atoms with Crippen LogP contribution < -0.4 is 9.47 Å². The summed E-state index contributed by atoms with van der Waals surface area (Å²) in [6.07, 6.45) is -0.954. The second-order valence-electron chi connectivity index (χ2n) is 4.62. The largest absolute Gasteiger partial charge is 0.486 e. The Morgan fingerprint density at radius 1 is 0.857 bits per heavy atom. The summed E-state index contributed by atoms with van der Waals surface area (Å²) in [7, 11) is 0. The van der Waals surface area contributed by atoms with Crippen molar-refractivity contribution in [2.75, 3.05) is 13.2 Å². The van der Waals surface area contributed by atoms with Crippen molar-refractivity contribution in [2.24, 2.45) is 0 Å². The number of hydrogen-bond donors (Lipinski definition) is 1. The van der Waals surface area contributed by atoms with E-state index in [-0.39, 0.29) is 0 Å². The Bertz CT molecular complexity index is 668. The molecule has 110 valence electrons. The predicted molar refractivity (Wildman–Crippen MR) is 83.0 cm³/mol. The summed E-state index contributed by atoms with van der Waals surface area (Å²) in [6, 6.07) is 8.21. The number of hydrogen-bond acceptors (Lipinski definition) is 3. The van der Waals surface area contributed by atoms with Crippen molar-refractivity contribution in [1.82, 2.24) is 0 Å². The van der Waals surface area contributed by atoms with Crippen LogP contribution in [0, 0.1) is 0 Å². The molecule has 6 heteroatoms. The average molecular weight is 346 g/mol. The highest BCUT2D eigenvalue weighted by Crippen LogP contribution is 2.39. The van der Waals surface area contributed by atoms with Crippen molar-refractivity contribution in [2.45, 2.75) is 6.10 Å². The minimum absolute atomic E-state index is 0.392. The quantitative estimate of drug-likeness (QED) is 0.871. The van der Waals surface area contributed by atoms with E-state index in [1.807, 2.05) is 0 Å². The van der Waals surface area contributed by atoms with Crippen molar-refractivity contribution in [3.05, 3.63) is 56.5 Å². The van der Waals surface area contributed by atoms with Crippen LogP contribution in [0.2, 0.25) is 15.1 Å². The van der Waals surface area contributed by atoms with E-state index in [2.05, 4.69) is 0 Å². The standard InChI is InChI=1S/C15H11Cl3O3/c16-9-3-8(4-10(17)5-9)15(19)11-6-13-14(7-12(11)18)21-2-1-20-13/h3-7,15,19H,1-2H2. The van der Waals surface area contributed by atoms with E-state index < -0.39 is 6.10 Å². The van der Waals surface area contributed by atoms with Gasteiger partial charge in [0.2, 0.25) is 0 Å². The fourth-order valence-electron chi connectivity index (χ4n) is 2.20. The summed E-state index contributed by atoms with van der Waals surface area (Å²) in [6.45, 7) is 0.947. The van der Waals surface area contributed by atoms with Crippen molar-refractivity contribution < 1.29 is 14.6 Å². The third-order valence-corrected chi connectivity index (χ3v) is 3.92. The summed E-state index contributed by atoms with van der Waals surface area (Å²) in [5, 5.41) is 11.8. The van der Waals surface area contributed by atoms with Crippen LogP contribution in [0.1, 0.15) is 17.2 Å². The lowest BCUT2D eigenvalue weighted by molar-refractivity contribution is 0.169. The zero-order valence-electron chi connectivity index (χ0n) is 10.8. The Balaban J connectivity index is 2.02. The molecule has 3 rings (SSSR count). The number of rotatable bonds is 2. The Labute approximate surface area is 137 Å². The third-order valence-electron chi connectivity index (χ3n) is 3.16. The predicted octanol–water partition coefficient (Wildman–Crippen LogP) is 4.50. The Morgan fingerprint density at radius 2 is 1.43 bits per heavy atom. The van der Waals surface area contributed by atoms with Crippen LogP contribution in [0.5, 0.6) is 11.5 Å². The number of aliphatic hydroxyl groups excluding tert-OH is 1. The van der Waals surface area contributed by atoms with Crippen molar-refractivity contribution in [3.63, 3.8) is 0 Å². The smallest absolute Gasteiger partial charge is 0.162 e. The van der Waals surface area contributed by atoms with E-state index in [0.717, 1.165) is 0 Å². The number of benzene rings is 2. The van der Waals surface area contributed by atoms with Gasteiger partial charge in [0.25, 0.3) is 0 Å². The molecular formula is C15H11Cl3O3. The maximum Gasteiger partial charge on any atom is 0.162 e. The van der Waals surface area contributed by atoms with Crippen LogP contribution in [-0.4, -0.2) is 18.3 Å². The molecule has 1 N–H and O–H groups in total. The van der Waals surface area contributed by atoms with E-state index >= 15 is 0 Å². The minimum Gasteiger partial charge on any atom is -0.486 e. The molecule has 0 saturated heterocycles. The fraction of sp³-hybridized carbons (Fsp3) is 0.200. The van der Waals surface area contributed by atoms with Crippen molar-refractivity contribution in [1.29, 1.82) is 0 Å². The summed E-state index contributed by atoms with van der Waals surface area (Å²) >= 11 is 18.2. The van der Waals surface area contributed by atoms with E-state index in [1.165, 1.54) is 0 Å². The molecule has 2 aromatic rings. The molecule has 0 radical (unpaired) electrons. The van der Waals surface area contributed by atoms with Gasteiger partial charge in [-0.05, 0) is 29.8 Å². The zero-order valence-corrected chi connectivity index (χ0v) is 13.0. The molecule has 1 aliphatic rings. The van der Waals surface area contributed by atoms with Gasteiger partial charge in [0.05, 0.1) is 5.02 Å². The summed E-state index contributed by atoms with van der Waals surface area (Å²) in [4.78, 5) is 0. The van der Waals surface area contributed by atoms with Gasteiger partial charge in [-0.15, -0.1) is 0 Å². The van der Waals surface area contributed by atoms with Crippen molar-refractivity contribution in [3.8, 4) is 11.5 Å². The zero-order chi connectivity index (χ0) is 15.0. The monoisotopic (exact) mass is 344 g/mol. The summed E-state index contributed by atoms with van der Waals surface area (Å²) < 4.78 is 11.0. The number of halogens is 3. The molecule has 1 unspecified atom stereocenters. The van der Waals surface area contributed by atoms with Gasteiger partial charge in [0.1, 0.15) is 19.3 Å². The molecule has 0 saturated carbocycles. The van der Waals surface area contributed by atoms with E-state index in [0.29, 0.717) is 50.9 Å². The van der Waals surface area contributed by atoms with Crippen LogP contribution in [0.25, 0.3) is 0 Å². The van der Waals surface area contributed by atoms with Crippen LogP contribution in [0.4, 0.5) is 0 Å². The maximum absolute atomic E-state index is 10.5. The third kappa shape index (κ3) is 3.06. The van der Waals surface area contributed by atoms with Gasteiger partial charge in [0, 0.05) is 21.7 Å². The van der Waals surface area contributed by atoms with Crippen LogP contribution in [0.3, 0.4) is 0 Å². The second-order valence-corrected chi connectivity index (χ2v) is 5.90. The van der Waals surface area contributed by atoms with Crippen molar-refractivity contribution >= 4 is 34.8 Å². The van der Waals surface area contributed by atoms with Gasteiger partial charge in [-0.3, -0.25) is 0 Å². The van der Waals surface area contributed by atoms with Crippen LogP contribution in [0.15, 0.2) is 30.3 Å². The molecule has 0 amide bonds. The molecule has 21 heavy (non-hydrogen) atoms. The first-order valence-corrected chi connectivity index (χ1v) is 7.41. The molecule has 0 spiro atoms. The molecule has 0 bridgehead atoms. The lowest BCUT2D eigenvalue weighted by atomic mass is 10.0. The second kappa shape index (κ2) is 5.93. The van der Waals surface area contributed by atoms with Gasteiger partial charge in [0.15, 0.2) is 11.5 Å². The van der Waals surface area contributed by atoms with Gasteiger partial charge in [-0.1, -0.05) is 34.8 Å². The van der Waals surface area contributed by atoms with Gasteiger partial charge >= 0.3 is 0 Å². The lowest BCUT2D eigenvalue weighted by Gasteiger charge is -2.21. The van der Waals surface area contributed by atoms with Gasteiger partial charge in [-0.2, -0.15) is 0 Å². The molecule has 0 aromatic heterocycles. The van der Waals surface area contributed by atoms with Crippen LogP contribution >= 0.6 is 34.8 Å². The molecule has 3 nitrogen and oxygen atoms in total. The molecule has 1 heterocycles. The number of ether oxygens (including phenoxy) is 2. The van der Waals surface area contributed by atoms with Crippen LogP contribution in [-0.2, 0) is 0 Å². The van der Waals surface area contributed by atoms with E-state index in [1.54, 1.807) is 30.3 Å². The topological polar surface area (TPSA) is 38.7 Å². The summed E-state index contributed by atoms with van der Waals surface area (Å²) in [5.74, 6) is 1.14. The molecule has 1 aliphatic heterocycles. The maximum atomic E-state index is 10.5. The SMILES string of the molecule is OC(c1cc(Cl)cc(Cl)c1)c1cc2c(cc1Cl)OCCO2. The van der Waals surface area contributed by atoms with Gasteiger partial charge < -0.3 is 14.6 Å². The molecule has 0 fully saturated rings. The highest BCUT2D eigenvalue weighted by molar-refractivity contribution is 6.34. The first kappa shape index (κ1) is 14.8.